The first-order valence-electron chi connectivity index (χ1n) is 12.2. The van der Waals surface area contributed by atoms with Crippen LogP contribution in [0.5, 0.6) is 0 Å². The van der Waals surface area contributed by atoms with Gasteiger partial charge in [-0.2, -0.15) is 0 Å². The largest absolute Gasteiger partial charge is 0.376 e. The zero-order chi connectivity index (χ0) is 22.8. The Hall–Kier alpha value is -2.62. The number of nitrogens with zero attached hydrogens (tertiary/aromatic N) is 6. The van der Waals surface area contributed by atoms with Gasteiger partial charge in [0.2, 0.25) is 0 Å². The number of tetrazole rings is 1. The van der Waals surface area contributed by atoms with Gasteiger partial charge in [0, 0.05) is 43.9 Å². The van der Waals surface area contributed by atoms with Gasteiger partial charge in [0.05, 0.1) is 12.6 Å². The minimum absolute atomic E-state index is 0.0821. The van der Waals surface area contributed by atoms with E-state index in [1.807, 2.05) is 16.8 Å². The zero-order valence-corrected chi connectivity index (χ0v) is 19.5. The Kier molecular flexibility index (Phi) is 6.52. The van der Waals surface area contributed by atoms with Crippen molar-refractivity contribution in [2.45, 2.75) is 51.8 Å². The summed E-state index contributed by atoms with van der Waals surface area (Å²) in [6.07, 6.45) is 3.14. The summed E-state index contributed by atoms with van der Waals surface area (Å²) in [4.78, 5) is 21.2. The van der Waals surface area contributed by atoms with Crippen LogP contribution in [0, 0.1) is 0 Å². The first kappa shape index (κ1) is 22.2. The predicted octanol–water partition coefficient (Wildman–Crippen LogP) is 1.98. The number of rotatable bonds is 7. The van der Waals surface area contributed by atoms with Crippen LogP contribution in [0.2, 0.25) is 0 Å². The van der Waals surface area contributed by atoms with E-state index in [2.05, 4.69) is 56.3 Å². The molecule has 1 N–H and O–H groups in total. The van der Waals surface area contributed by atoms with Gasteiger partial charge in [-0.1, -0.05) is 19.9 Å². The monoisotopic (exact) mass is 451 g/mol. The number of aromatic nitrogens is 5. The molecule has 0 aliphatic carbocycles. The van der Waals surface area contributed by atoms with Crippen molar-refractivity contribution >= 4 is 10.9 Å². The number of H-pyrrole nitrogens is 1. The molecule has 2 aliphatic rings. The maximum atomic E-state index is 13.3. The highest BCUT2D eigenvalue weighted by Crippen LogP contribution is 2.28. The Bertz CT molecular complexity index is 1140. The van der Waals surface area contributed by atoms with Gasteiger partial charge in [0.25, 0.3) is 5.56 Å². The summed E-state index contributed by atoms with van der Waals surface area (Å²) >= 11 is 0. The second-order valence-electron chi connectivity index (χ2n) is 9.06. The van der Waals surface area contributed by atoms with Crippen molar-refractivity contribution < 1.29 is 4.74 Å². The van der Waals surface area contributed by atoms with Crippen LogP contribution in [0.1, 0.15) is 49.7 Å². The molecule has 2 aliphatic heterocycles. The van der Waals surface area contributed by atoms with Crippen molar-refractivity contribution in [1.29, 1.82) is 0 Å². The number of aromatic amines is 1. The zero-order valence-electron chi connectivity index (χ0n) is 19.5. The van der Waals surface area contributed by atoms with Gasteiger partial charge in [-0.05, 0) is 65.4 Å². The Morgan fingerprint density at radius 1 is 1.18 bits per heavy atom. The SMILES string of the molecule is CCc1ccc2[nH]c(=O)c([C@H](c3nnnn3C[C@@H]3CCCO3)N3CCN(CC)CC3)cc2c1. The standard InChI is InChI=1S/C24H33N7O2/c1-3-17-7-8-21-18(14-17)15-20(24(32)25-21)22(30-11-9-29(4-2)10-12-30)23-26-27-28-31(23)16-19-6-5-13-33-19/h7-8,14-15,19,22H,3-6,9-13,16H2,1-2H3,(H,25,32)/t19-,22+/m0/s1. The number of benzene rings is 1. The van der Waals surface area contributed by atoms with Gasteiger partial charge in [-0.25, -0.2) is 4.68 Å². The molecule has 0 radical (unpaired) electrons. The fourth-order valence-corrected chi connectivity index (χ4v) is 5.05. The van der Waals surface area contributed by atoms with Crippen LogP contribution in [-0.2, 0) is 17.7 Å². The molecule has 3 aromatic rings. The van der Waals surface area contributed by atoms with Gasteiger partial charge in [-0.15, -0.1) is 5.10 Å². The van der Waals surface area contributed by atoms with Crippen LogP contribution in [-0.4, -0.2) is 80.4 Å². The second kappa shape index (κ2) is 9.70. The summed E-state index contributed by atoms with van der Waals surface area (Å²) in [6, 6.07) is 7.96. The van der Waals surface area contributed by atoms with Gasteiger partial charge in [-0.3, -0.25) is 9.69 Å². The van der Waals surface area contributed by atoms with E-state index in [4.69, 9.17) is 4.74 Å². The first-order chi connectivity index (χ1) is 16.2. The number of ether oxygens (including phenoxy) is 1. The predicted molar refractivity (Wildman–Crippen MR) is 126 cm³/mol. The lowest BCUT2D eigenvalue weighted by Crippen LogP contribution is -2.49. The van der Waals surface area contributed by atoms with Gasteiger partial charge >= 0.3 is 0 Å². The van der Waals surface area contributed by atoms with Crippen molar-refractivity contribution in [3.8, 4) is 0 Å². The van der Waals surface area contributed by atoms with E-state index < -0.39 is 0 Å². The molecule has 176 valence electrons. The molecule has 5 rings (SSSR count). The normalized spacial score (nSPS) is 21.1. The summed E-state index contributed by atoms with van der Waals surface area (Å²) in [7, 11) is 0. The Morgan fingerprint density at radius 3 is 2.76 bits per heavy atom. The number of nitrogens with one attached hydrogen (secondary N) is 1. The van der Waals surface area contributed by atoms with E-state index in [9.17, 15) is 4.79 Å². The Labute approximate surface area is 193 Å². The van der Waals surface area contributed by atoms with Crippen LogP contribution in [0.15, 0.2) is 29.1 Å². The third-order valence-corrected chi connectivity index (χ3v) is 7.06. The summed E-state index contributed by atoms with van der Waals surface area (Å²) in [5.41, 5.74) is 2.72. The van der Waals surface area contributed by atoms with E-state index in [-0.39, 0.29) is 17.7 Å². The molecule has 0 spiro atoms. The molecule has 4 heterocycles. The van der Waals surface area contributed by atoms with E-state index in [1.54, 1.807) is 0 Å². The summed E-state index contributed by atoms with van der Waals surface area (Å²) in [6.45, 7) is 10.4. The summed E-state index contributed by atoms with van der Waals surface area (Å²) < 4.78 is 7.69. The number of aryl methyl sites for hydroxylation is 1. The molecule has 2 fully saturated rings. The Morgan fingerprint density at radius 2 is 2.03 bits per heavy atom. The molecule has 1 aromatic carbocycles. The maximum absolute atomic E-state index is 13.3. The van der Waals surface area contributed by atoms with E-state index in [1.165, 1.54) is 5.56 Å². The molecular formula is C24H33N7O2. The van der Waals surface area contributed by atoms with Gasteiger partial charge in [0.15, 0.2) is 5.82 Å². The van der Waals surface area contributed by atoms with E-state index >= 15 is 0 Å². The number of likely N-dealkylation sites (N-methyl/N-ethyl adjacent to an activating group) is 1. The summed E-state index contributed by atoms with van der Waals surface area (Å²) in [5.74, 6) is 0.715. The second-order valence-corrected chi connectivity index (χ2v) is 9.06. The lowest BCUT2D eigenvalue weighted by atomic mass is 10.0. The van der Waals surface area contributed by atoms with Crippen LogP contribution in [0.25, 0.3) is 10.9 Å². The number of fused-ring (bicyclic) bond motifs is 1. The van der Waals surface area contributed by atoms with E-state index in [0.717, 1.165) is 69.5 Å². The van der Waals surface area contributed by atoms with Crippen LogP contribution in [0.4, 0.5) is 0 Å². The molecule has 9 heteroatoms. The lowest BCUT2D eigenvalue weighted by Gasteiger charge is -2.38. The van der Waals surface area contributed by atoms with Crippen molar-refractivity contribution in [3.05, 3.63) is 51.6 Å². The first-order valence-corrected chi connectivity index (χ1v) is 12.2. The number of pyridine rings is 1. The van der Waals surface area contributed by atoms with Gasteiger partial charge in [0.1, 0.15) is 6.04 Å². The number of piperazine rings is 1. The van der Waals surface area contributed by atoms with Crippen LogP contribution < -0.4 is 5.56 Å². The summed E-state index contributed by atoms with van der Waals surface area (Å²) in [5, 5.41) is 13.8. The highest BCUT2D eigenvalue weighted by Gasteiger charge is 2.33. The fraction of sp³-hybridized carbons (Fsp3) is 0.583. The third-order valence-electron chi connectivity index (χ3n) is 7.06. The highest BCUT2D eigenvalue weighted by atomic mass is 16.5. The average Bonchev–Trinajstić information content (AvgIpc) is 3.53. The van der Waals surface area contributed by atoms with Crippen molar-refractivity contribution in [1.82, 2.24) is 35.0 Å². The third kappa shape index (κ3) is 4.58. The molecule has 2 aromatic heterocycles. The molecule has 0 unspecified atom stereocenters. The number of hydrogen-bond acceptors (Lipinski definition) is 7. The molecule has 33 heavy (non-hydrogen) atoms. The van der Waals surface area contributed by atoms with E-state index in [0.29, 0.717) is 17.9 Å². The molecular weight excluding hydrogens is 418 g/mol. The number of hydrogen-bond donors (Lipinski definition) is 1. The van der Waals surface area contributed by atoms with Crippen molar-refractivity contribution in [3.63, 3.8) is 0 Å². The van der Waals surface area contributed by atoms with Crippen molar-refractivity contribution in [2.24, 2.45) is 0 Å². The minimum atomic E-state index is -0.307. The molecule has 9 nitrogen and oxygen atoms in total. The quantitative estimate of drug-likeness (QED) is 0.587. The minimum Gasteiger partial charge on any atom is -0.376 e. The lowest BCUT2D eigenvalue weighted by molar-refractivity contribution is 0.0860. The van der Waals surface area contributed by atoms with Crippen LogP contribution in [0.3, 0.4) is 0 Å². The highest BCUT2D eigenvalue weighted by molar-refractivity contribution is 5.80. The van der Waals surface area contributed by atoms with Gasteiger partial charge < -0.3 is 14.6 Å². The Balaban J connectivity index is 1.57. The average molecular weight is 452 g/mol. The van der Waals surface area contributed by atoms with Crippen LogP contribution >= 0.6 is 0 Å². The molecule has 0 saturated carbocycles. The topological polar surface area (TPSA) is 92.2 Å². The molecule has 0 amide bonds. The van der Waals surface area contributed by atoms with Crippen molar-refractivity contribution in [2.75, 3.05) is 39.3 Å². The maximum Gasteiger partial charge on any atom is 0.253 e. The smallest absolute Gasteiger partial charge is 0.253 e. The molecule has 0 bridgehead atoms. The fourth-order valence-electron chi connectivity index (χ4n) is 5.05. The molecule has 2 atom stereocenters. The molecule has 2 saturated heterocycles.